The molecule has 0 radical (unpaired) electrons. The Bertz CT molecular complexity index is 1450. The number of fused-ring (bicyclic) bond motifs is 7. The van der Waals surface area contributed by atoms with E-state index in [-0.39, 0.29) is 39.4 Å². The number of carboxylic acids is 1. The largest absolute Gasteiger partial charge is 0.481 e. The van der Waals surface area contributed by atoms with Crippen molar-refractivity contribution in [1.82, 2.24) is 0 Å². The number of hydrogen-bond donors (Lipinski definition) is 2. The number of hydrogen-bond acceptors (Lipinski definition) is 2. The maximum absolute atomic E-state index is 13.0. The molecule has 0 amide bonds. The van der Waals surface area contributed by atoms with Crippen molar-refractivity contribution >= 4 is 5.97 Å². The third-order valence-electron chi connectivity index (χ3n) is 15.4. The van der Waals surface area contributed by atoms with Crippen LogP contribution in [0.5, 0.6) is 0 Å². The van der Waals surface area contributed by atoms with Crippen molar-refractivity contribution in [3.63, 3.8) is 0 Å². The molecule has 2 N–H and O–H groups in total. The summed E-state index contributed by atoms with van der Waals surface area (Å²) in [5.41, 5.74) is 0.165. The van der Waals surface area contributed by atoms with E-state index in [0.29, 0.717) is 29.7 Å². The summed E-state index contributed by atoms with van der Waals surface area (Å²) >= 11 is 0. The number of aliphatic hydroxyl groups excluding tert-OH is 1. The molecule has 0 aliphatic heterocycles. The molecular formula is C40H53F3O3. The van der Waals surface area contributed by atoms with E-state index in [1.165, 1.54) is 12.1 Å². The number of carboxylic acid groups (broad SMARTS) is 1. The second-order valence-electron chi connectivity index (χ2n) is 17.5. The molecule has 0 aromatic heterocycles. The van der Waals surface area contributed by atoms with Gasteiger partial charge in [0.25, 0.3) is 0 Å². The number of rotatable bonds is 3. The van der Waals surface area contributed by atoms with Crippen LogP contribution < -0.4 is 0 Å². The van der Waals surface area contributed by atoms with E-state index in [4.69, 9.17) is 0 Å². The molecule has 1 aromatic rings. The van der Waals surface area contributed by atoms with Gasteiger partial charge in [0.05, 0.1) is 17.1 Å². The number of carbonyl (C=O) groups is 1. The van der Waals surface area contributed by atoms with Crippen molar-refractivity contribution in [2.45, 2.75) is 118 Å². The van der Waals surface area contributed by atoms with Crippen molar-refractivity contribution in [3.8, 4) is 11.8 Å². The highest BCUT2D eigenvalue weighted by molar-refractivity contribution is 5.76. The SMILES string of the molecule is C=C(C)[C@@H]1CC[C@]2(C(=O)O)CC[C@]3(C)[C@H](CC[C@@H]4[C@@]5(C)C[C@@H](CC#Cc6ccc(C(F)(F)F)cc6)[C@H](O)C(C)(C)[C@@H]5CC[C@]43C)[C@@H]12. The Morgan fingerprint density at radius 2 is 1.61 bits per heavy atom. The quantitative estimate of drug-likeness (QED) is 0.256. The molecule has 3 nitrogen and oxygen atoms in total. The minimum Gasteiger partial charge on any atom is -0.481 e. The summed E-state index contributed by atoms with van der Waals surface area (Å²) in [5.74, 6) is 7.28. The zero-order chi connectivity index (χ0) is 33.7. The van der Waals surface area contributed by atoms with Crippen LogP contribution in [-0.4, -0.2) is 22.3 Å². The highest BCUT2D eigenvalue weighted by atomic mass is 19.4. The van der Waals surface area contributed by atoms with Gasteiger partial charge in [0, 0.05) is 12.0 Å². The highest BCUT2D eigenvalue weighted by Crippen LogP contribution is 2.77. The average molecular weight is 639 g/mol. The Kier molecular flexibility index (Phi) is 7.95. The normalized spacial score (nSPS) is 44.4. The standard InChI is InChI=1S/C40H53F3O3/c1-24(2)28-17-20-39(34(45)46)22-21-37(6)29(32(28)39)15-16-31-36(5)23-26(33(44)35(3,4)30(36)18-19-38(31,37)7)10-8-9-25-11-13-27(14-12-25)40(41,42)43/h11-14,26,28-33,44H,1,10,15-23H2,2-7H3,(H,45,46)/t26-,28+,29-,30+,31-,32-,33+,36+,37-,38-,39+/m1/s1. The average Bonchev–Trinajstić information content (AvgIpc) is 3.37. The van der Waals surface area contributed by atoms with Gasteiger partial charge in [0.15, 0.2) is 0 Å². The number of benzene rings is 1. The van der Waals surface area contributed by atoms with Gasteiger partial charge < -0.3 is 10.2 Å². The van der Waals surface area contributed by atoms with E-state index in [1.54, 1.807) is 0 Å². The molecule has 5 aliphatic rings. The Balaban J connectivity index is 1.30. The smallest absolute Gasteiger partial charge is 0.416 e. The molecule has 6 heteroatoms. The first-order valence-electron chi connectivity index (χ1n) is 17.6. The number of aliphatic carboxylic acids is 1. The summed E-state index contributed by atoms with van der Waals surface area (Å²) < 4.78 is 39.1. The molecule has 0 spiro atoms. The highest BCUT2D eigenvalue weighted by Gasteiger charge is 2.72. The molecule has 252 valence electrons. The lowest BCUT2D eigenvalue weighted by molar-refractivity contribution is -0.256. The third kappa shape index (κ3) is 4.67. The first kappa shape index (κ1) is 33.6. The molecule has 0 unspecified atom stereocenters. The maximum atomic E-state index is 13.0. The van der Waals surface area contributed by atoms with E-state index in [0.717, 1.165) is 75.5 Å². The van der Waals surface area contributed by atoms with Crippen LogP contribution in [0.4, 0.5) is 13.2 Å². The van der Waals surface area contributed by atoms with Crippen LogP contribution in [0, 0.1) is 74.4 Å². The molecule has 0 saturated heterocycles. The van der Waals surface area contributed by atoms with Gasteiger partial charge in [0.1, 0.15) is 0 Å². The Labute approximate surface area is 273 Å². The number of alkyl halides is 3. The molecule has 5 saturated carbocycles. The molecular weight excluding hydrogens is 585 g/mol. The van der Waals surface area contributed by atoms with Gasteiger partial charge in [-0.15, -0.1) is 0 Å². The van der Waals surface area contributed by atoms with E-state index in [2.05, 4.69) is 60.0 Å². The first-order valence-corrected chi connectivity index (χ1v) is 17.6. The summed E-state index contributed by atoms with van der Waals surface area (Å²) in [4.78, 5) is 13.0. The van der Waals surface area contributed by atoms with Crippen LogP contribution in [0.2, 0.25) is 0 Å². The van der Waals surface area contributed by atoms with Crippen LogP contribution in [0.1, 0.15) is 117 Å². The lowest BCUT2D eigenvalue weighted by atomic mass is 9.31. The van der Waals surface area contributed by atoms with Crippen LogP contribution in [0.15, 0.2) is 36.4 Å². The molecule has 0 bridgehead atoms. The van der Waals surface area contributed by atoms with Crippen LogP contribution >= 0.6 is 0 Å². The van der Waals surface area contributed by atoms with E-state index in [1.807, 2.05) is 0 Å². The lowest BCUT2D eigenvalue weighted by Crippen LogP contribution is -2.68. The fourth-order valence-electron chi connectivity index (χ4n) is 13.1. The Morgan fingerprint density at radius 1 is 0.935 bits per heavy atom. The minimum absolute atomic E-state index is 0.00478. The zero-order valence-electron chi connectivity index (χ0n) is 28.6. The molecule has 0 heterocycles. The number of halogens is 3. The van der Waals surface area contributed by atoms with Gasteiger partial charge in [-0.25, -0.2) is 0 Å². The van der Waals surface area contributed by atoms with Gasteiger partial charge in [-0.2, -0.15) is 13.2 Å². The van der Waals surface area contributed by atoms with Crippen LogP contribution in [0.3, 0.4) is 0 Å². The van der Waals surface area contributed by atoms with Gasteiger partial charge in [-0.3, -0.25) is 4.79 Å². The Morgan fingerprint density at radius 3 is 2.22 bits per heavy atom. The van der Waals surface area contributed by atoms with E-state index >= 15 is 0 Å². The van der Waals surface area contributed by atoms with Gasteiger partial charge in [-0.1, -0.05) is 58.6 Å². The predicted octanol–water partition coefficient (Wildman–Crippen LogP) is 9.78. The molecule has 5 fully saturated rings. The lowest BCUT2D eigenvalue weighted by Gasteiger charge is -2.73. The van der Waals surface area contributed by atoms with Crippen LogP contribution in [0.25, 0.3) is 0 Å². The first-order chi connectivity index (χ1) is 21.3. The van der Waals surface area contributed by atoms with E-state index in [9.17, 15) is 28.2 Å². The fraction of sp³-hybridized carbons (Fsp3) is 0.725. The molecule has 5 aliphatic carbocycles. The summed E-state index contributed by atoms with van der Waals surface area (Å²) in [6, 6.07) is 4.99. The monoisotopic (exact) mass is 638 g/mol. The third-order valence-corrected chi connectivity index (χ3v) is 15.4. The number of aliphatic hydroxyl groups is 1. The van der Waals surface area contributed by atoms with Gasteiger partial charge in [-0.05, 0) is 146 Å². The predicted molar refractivity (Wildman–Crippen MR) is 174 cm³/mol. The molecule has 1 aromatic carbocycles. The van der Waals surface area contributed by atoms with Gasteiger partial charge in [0.2, 0.25) is 0 Å². The maximum Gasteiger partial charge on any atom is 0.416 e. The molecule has 6 rings (SSSR count). The van der Waals surface area contributed by atoms with Crippen molar-refractivity contribution in [3.05, 3.63) is 47.5 Å². The van der Waals surface area contributed by atoms with Crippen molar-refractivity contribution in [2.75, 3.05) is 0 Å². The van der Waals surface area contributed by atoms with Crippen LogP contribution in [-0.2, 0) is 11.0 Å². The topological polar surface area (TPSA) is 57.5 Å². The van der Waals surface area contributed by atoms with E-state index < -0.39 is 29.2 Å². The zero-order valence-corrected chi connectivity index (χ0v) is 28.6. The number of allylic oxidation sites excluding steroid dienone is 1. The summed E-state index contributed by atoms with van der Waals surface area (Å²) in [5, 5.41) is 22.4. The van der Waals surface area contributed by atoms with Crippen molar-refractivity contribution in [1.29, 1.82) is 0 Å². The molecule has 46 heavy (non-hydrogen) atoms. The summed E-state index contributed by atoms with van der Waals surface area (Å²) in [7, 11) is 0. The molecule has 11 atom stereocenters. The fourth-order valence-corrected chi connectivity index (χ4v) is 13.1. The van der Waals surface area contributed by atoms with Crippen molar-refractivity contribution in [2.24, 2.45) is 62.6 Å². The second-order valence-corrected chi connectivity index (χ2v) is 17.5. The van der Waals surface area contributed by atoms with Gasteiger partial charge >= 0.3 is 12.1 Å². The Hall–Kier alpha value is -2.26. The summed E-state index contributed by atoms with van der Waals surface area (Å²) in [6.07, 6.45) is 4.16. The summed E-state index contributed by atoms with van der Waals surface area (Å²) in [6.45, 7) is 18.4. The van der Waals surface area contributed by atoms with Crippen molar-refractivity contribution < 1.29 is 28.2 Å². The second kappa shape index (κ2) is 10.9. The minimum atomic E-state index is -4.37.